The zero-order valence-corrected chi connectivity index (χ0v) is 17.8. The number of benzene rings is 2. The Hall–Kier alpha value is -3.32. The van der Waals surface area contributed by atoms with Crippen LogP contribution in [0.2, 0.25) is 0 Å². The molecule has 1 aliphatic heterocycles. The molecule has 0 unspecified atom stereocenters. The summed E-state index contributed by atoms with van der Waals surface area (Å²) < 4.78 is 0. The summed E-state index contributed by atoms with van der Waals surface area (Å²) in [7, 11) is 0. The van der Waals surface area contributed by atoms with Crippen LogP contribution in [0.15, 0.2) is 54.6 Å². The number of hydrogen-bond donors (Lipinski definition) is 1. The first-order chi connectivity index (χ1) is 15.0. The third-order valence-electron chi connectivity index (χ3n) is 5.99. The van der Waals surface area contributed by atoms with Gasteiger partial charge in [0.1, 0.15) is 6.54 Å². The molecule has 3 amide bonds. The number of aryl methyl sites for hydroxylation is 1. The maximum Gasteiger partial charge on any atom is 0.246 e. The van der Waals surface area contributed by atoms with Crippen LogP contribution >= 0.6 is 11.3 Å². The Kier molecular flexibility index (Phi) is 4.90. The third-order valence-corrected chi connectivity index (χ3v) is 6.87. The van der Waals surface area contributed by atoms with E-state index in [2.05, 4.69) is 28.5 Å². The van der Waals surface area contributed by atoms with Crippen LogP contribution in [0.4, 0.5) is 5.13 Å². The maximum atomic E-state index is 12.6. The Bertz CT molecular complexity index is 1210. The van der Waals surface area contributed by atoms with Gasteiger partial charge in [0.25, 0.3) is 0 Å². The Morgan fingerprint density at radius 1 is 1.06 bits per heavy atom. The van der Waals surface area contributed by atoms with Gasteiger partial charge in [0.2, 0.25) is 17.7 Å². The van der Waals surface area contributed by atoms with Gasteiger partial charge in [0, 0.05) is 10.4 Å². The minimum absolute atomic E-state index is 0.249. The van der Waals surface area contributed by atoms with Crippen LogP contribution in [0.5, 0.6) is 0 Å². The second-order valence-electron chi connectivity index (χ2n) is 7.92. The van der Waals surface area contributed by atoms with Crippen LogP contribution in [-0.4, -0.2) is 34.2 Å². The van der Waals surface area contributed by atoms with Crippen LogP contribution in [0.25, 0.3) is 22.0 Å². The number of fused-ring (bicyclic) bond motifs is 2. The molecule has 2 atom stereocenters. The summed E-state index contributed by atoms with van der Waals surface area (Å²) in [6, 6.07) is 14.2. The van der Waals surface area contributed by atoms with Crippen LogP contribution in [-0.2, 0) is 14.4 Å². The summed E-state index contributed by atoms with van der Waals surface area (Å²) in [6.07, 6.45) is 4.99. The lowest BCUT2D eigenvalue weighted by molar-refractivity contribution is -0.142. The number of rotatable bonds is 4. The van der Waals surface area contributed by atoms with Gasteiger partial charge in [-0.3, -0.25) is 19.3 Å². The molecule has 2 aliphatic rings. The molecular formula is C24H21N3O3S. The molecule has 0 bridgehead atoms. The molecule has 3 aromatic rings. The number of nitrogens with one attached hydrogen (secondary N) is 1. The Labute approximate surface area is 183 Å². The Morgan fingerprint density at radius 3 is 2.48 bits per heavy atom. The lowest BCUT2D eigenvalue weighted by Gasteiger charge is -2.14. The van der Waals surface area contributed by atoms with E-state index >= 15 is 0 Å². The van der Waals surface area contributed by atoms with Crippen LogP contribution < -0.4 is 5.32 Å². The van der Waals surface area contributed by atoms with Crippen molar-refractivity contribution in [3.63, 3.8) is 0 Å². The van der Waals surface area contributed by atoms with Gasteiger partial charge in [-0.05, 0) is 30.5 Å². The largest absolute Gasteiger partial charge is 0.300 e. The van der Waals surface area contributed by atoms with Crippen LogP contribution in [0.1, 0.15) is 17.7 Å². The normalized spacial score (nSPS) is 20.4. The van der Waals surface area contributed by atoms with Gasteiger partial charge < -0.3 is 5.32 Å². The number of amides is 3. The number of thiazole rings is 1. The fraction of sp³-hybridized carbons (Fsp3) is 0.250. The van der Waals surface area contributed by atoms with Crippen molar-refractivity contribution in [1.82, 2.24) is 9.88 Å². The fourth-order valence-corrected chi connectivity index (χ4v) is 5.30. The highest BCUT2D eigenvalue weighted by Gasteiger charge is 2.47. The van der Waals surface area contributed by atoms with Crippen molar-refractivity contribution in [1.29, 1.82) is 0 Å². The molecule has 1 N–H and O–H groups in total. The predicted molar refractivity (Wildman–Crippen MR) is 120 cm³/mol. The predicted octanol–water partition coefficient (Wildman–Crippen LogP) is 4.16. The number of carbonyl (C=O) groups is 3. The lowest BCUT2D eigenvalue weighted by Crippen LogP contribution is -2.38. The van der Waals surface area contributed by atoms with E-state index in [1.54, 1.807) is 0 Å². The van der Waals surface area contributed by atoms with Crippen molar-refractivity contribution in [2.24, 2.45) is 11.8 Å². The van der Waals surface area contributed by atoms with E-state index in [0.717, 1.165) is 31.8 Å². The second kappa shape index (κ2) is 7.74. The zero-order valence-electron chi connectivity index (χ0n) is 17.0. The molecule has 0 saturated carbocycles. The second-order valence-corrected chi connectivity index (χ2v) is 9.12. The van der Waals surface area contributed by atoms with E-state index in [9.17, 15) is 14.4 Å². The summed E-state index contributed by atoms with van der Waals surface area (Å²) in [5.74, 6) is -1.57. The SMILES string of the molecule is Cc1sc(NC(=O)CN2C(=O)[C@H]3CC=CC[C@H]3C2=O)nc1-c1cccc2ccccc12. The number of anilines is 1. The van der Waals surface area contributed by atoms with Crippen molar-refractivity contribution in [3.05, 3.63) is 59.5 Å². The fourth-order valence-electron chi connectivity index (χ4n) is 4.46. The van der Waals surface area contributed by atoms with E-state index in [1.807, 2.05) is 43.3 Å². The summed E-state index contributed by atoms with van der Waals surface area (Å²) in [4.78, 5) is 44.5. The summed E-state index contributed by atoms with van der Waals surface area (Å²) in [5, 5.41) is 5.46. The first-order valence-corrected chi connectivity index (χ1v) is 11.1. The van der Waals surface area contributed by atoms with E-state index in [0.29, 0.717) is 18.0 Å². The number of allylic oxidation sites excluding steroid dienone is 2. The first kappa shape index (κ1) is 19.6. The van der Waals surface area contributed by atoms with Gasteiger partial charge in [-0.2, -0.15) is 0 Å². The Morgan fingerprint density at radius 2 is 1.74 bits per heavy atom. The molecule has 0 spiro atoms. The molecule has 0 radical (unpaired) electrons. The van der Waals surface area contributed by atoms with Gasteiger partial charge in [-0.15, -0.1) is 11.3 Å². The van der Waals surface area contributed by atoms with Crippen LogP contribution in [0.3, 0.4) is 0 Å². The highest BCUT2D eigenvalue weighted by atomic mass is 32.1. The highest BCUT2D eigenvalue weighted by molar-refractivity contribution is 7.16. The van der Waals surface area contributed by atoms with Crippen molar-refractivity contribution < 1.29 is 14.4 Å². The number of carbonyl (C=O) groups excluding carboxylic acids is 3. The molecule has 2 heterocycles. The summed E-state index contributed by atoms with van der Waals surface area (Å²) in [6.45, 7) is 1.70. The van der Waals surface area contributed by atoms with Crippen molar-refractivity contribution in [3.8, 4) is 11.3 Å². The molecule has 2 aromatic carbocycles. The van der Waals surface area contributed by atoms with E-state index in [1.165, 1.54) is 11.3 Å². The monoisotopic (exact) mass is 431 g/mol. The number of imide groups is 1. The van der Waals surface area contributed by atoms with E-state index < -0.39 is 5.91 Å². The standard InChI is InChI=1S/C24H21N3O3S/c1-14-21(17-12-6-8-15-7-2-3-9-16(15)17)26-24(31-14)25-20(28)13-27-22(29)18-10-4-5-11-19(18)23(27)30/h2-9,12,18-19H,10-11,13H2,1H3,(H,25,26,28)/t18-,19+. The summed E-state index contributed by atoms with van der Waals surface area (Å²) in [5.41, 5.74) is 1.83. The van der Waals surface area contributed by atoms with Crippen LogP contribution in [0, 0.1) is 18.8 Å². The molecule has 1 aromatic heterocycles. The topological polar surface area (TPSA) is 79.4 Å². The van der Waals surface area contributed by atoms with Gasteiger partial charge in [-0.1, -0.05) is 54.6 Å². The molecule has 1 saturated heterocycles. The average molecular weight is 432 g/mol. The van der Waals surface area contributed by atoms with E-state index in [4.69, 9.17) is 0 Å². The lowest BCUT2D eigenvalue weighted by atomic mass is 9.85. The van der Waals surface area contributed by atoms with Gasteiger partial charge in [0.15, 0.2) is 5.13 Å². The smallest absolute Gasteiger partial charge is 0.246 e. The van der Waals surface area contributed by atoms with Crippen molar-refractivity contribution in [2.45, 2.75) is 19.8 Å². The third kappa shape index (κ3) is 3.45. The maximum absolute atomic E-state index is 12.6. The molecule has 156 valence electrons. The Balaban J connectivity index is 1.34. The number of nitrogens with zero attached hydrogens (tertiary/aromatic N) is 2. The summed E-state index contributed by atoms with van der Waals surface area (Å²) >= 11 is 1.38. The molecule has 1 fully saturated rings. The van der Waals surface area contributed by atoms with Gasteiger partial charge >= 0.3 is 0 Å². The van der Waals surface area contributed by atoms with E-state index in [-0.39, 0.29) is 30.2 Å². The minimum Gasteiger partial charge on any atom is -0.300 e. The quantitative estimate of drug-likeness (QED) is 0.497. The highest BCUT2D eigenvalue weighted by Crippen LogP contribution is 2.36. The molecule has 5 rings (SSSR count). The van der Waals surface area contributed by atoms with Gasteiger partial charge in [-0.25, -0.2) is 4.98 Å². The molecular weight excluding hydrogens is 410 g/mol. The van der Waals surface area contributed by atoms with Crippen molar-refractivity contribution >= 4 is 45.0 Å². The van der Waals surface area contributed by atoms with Crippen molar-refractivity contribution in [2.75, 3.05) is 11.9 Å². The first-order valence-electron chi connectivity index (χ1n) is 10.3. The van der Waals surface area contributed by atoms with Gasteiger partial charge in [0.05, 0.1) is 17.5 Å². The number of likely N-dealkylation sites (tertiary alicyclic amines) is 1. The molecule has 7 heteroatoms. The number of hydrogen-bond acceptors (Lipinski definition) is 5. The molecule has 6 nitrogen and oxygen atoms in total. The average Bonchev–Trinajstić information content (AvgIpc) is 3.25. The minimum atomic E-state index is -0.411. The molecule has 1 aliphatic carbocycles. The molecule has 31 heavy (non-hydrogen) atoms. The number of aromatic nitrogens is 1. The zero-order chi connectivity index (χ0) is 21.5.